The number of rotatable bonds is 8. The highest BCUT2D eigenvalue weighted by atomic mass is 32.2. The van der Waals surface area contributed by atoms with Crippen molar-refractivity contribution >= 4 is 11.8 Å². The van der Waals surface area contributed by atoms with Crippen LogP contribution in [0.15, 0.2) is 17.3 Å². The summed E-state index contributed by atoms with van der Waals surface area (Å²) in [7, 11) is 1.96. The number of hydrogen-bond acceptors (Lipinski definition) is 3. The third kappa shape index (κ3) is 5.03. The van der Waals surface area contributed by atoms with Crippen molar-refractivity contribution in [3.63, 3.8) is 0 Å². The van der Waals surface area contributed by atoms with Crippen molar-refractivity contribution in [1.82, 2.24) is 15.1 Å². The molecule has 0 amide bonds. The summed E-state index contributed by atoms with van der Waals surface area (Å²) < 4.78 is 1.86. The molecule has 1 N–H and O–H groups in total. The third-order valence-corrected chi connectivity index (χ3v) is 3.67. The van der Waals surface area contributed by atoms with Gasteiger partial charge < -0.3 is 5.32 Å². The Kier molecular flexibility index (Phi) is 6.57. The van der Waals surface area contributed by atoms with Crippen LogP contribution in [0.1, 0.15) is 33.1 Å². The lowest BCUT2D eigenvalue weighted by Gasteiger charge is -2.14. The molecule has 0 aliphatic carbocycles. The molecule has 1 unspecified atom stereocenters. The molecule has 0 saturated heterocycles. The molecule has 0 saturated carbocycles. The van der Waals surface area contributed by atoms with Crippen LogP contribution in [-0.2, 0) is 7.05 Å². The first-order valence-electron chi connectivity index (χ1n) is 6.11. The predicted molar refractivity (Wildman–Crippen MR) is 70.9 cm³/mol. The zero-order chi connectivity index (χ0) is 11.8. The van der Waals surface area contributed by atoms with Gasteiger partial charge in [-0.2, -0.15) is 5.10 Å². The van der Waals surface area contributed by atoms with E-state index in [9.17, 15) is 0 Å². The lowest BCUT2D eigenvalue weighted by atomic mass is 10.1. The fraction of sp³-hybridized carbons (Fsp3) is 0.750. The summed E-state index contributed by atoms with van der Waals surface area (Å²) in [6, 6.07) is 0.694. The van der Waals surface area contributed by atoms with E-state index in [1.165, 1.54) is 29.9 Å². The van der Waals surface area contributed by atoms with Crippen LogP contribution in [0, 0.1) is 0 Å². The maximum Gasteiger partial charge on any atom is 0.0625 e. The van der Waals surface area contributed by atoms with Gasteiger partial charge in [-0.25, -0.2) is 0 Å². The van der Waals surface area contributed by atoms with Gasteiger partial charge in [0.2, 0.25) is 0 Å². The summed E-state index contributed by atoms with van der Waals surface area (Å²) in [5.74, 6) is 1.19. The van der Waals surface area contributed by atoms with E-state index in [-0.39, 0.29) is 0 Å². The average molecular weight is 241 g/mol. The quantitative estimate of drug-likeness (QED) is 0.560. The summed E-state index contributed by atoms with van der Waals surface area (Å²) in [5, 5.41) is 7.67. The monoisotopic (exact) mass is 241 g/mol. The molecule has 1 aromatic heterocycles. The van der Waals surface area contributed by atoms with E-state index < -0.39 is 0 Å². The van der Waals surface area contributed by atoms with Gasteiger partial charge in [-0.05, 0) is 31.6 Å². The minimum Gasteiger partial charge on any atom is -0.314 e. The van der Waals surface area contributed by atoms with E-state index in [0.29, 0.717) is 6.04 Å². The number of thioether (sulfide) groups is 1. The molecule has 0 aromatic carbocycles. The Balaban J connectivity index is 2.11. The van der Waals surface area contributed by atoms with Crippen LogP contribution in [0.5, 0.6) is 0 Å². The molecule has 4 heteroatoms. The van der Waals surface area contributed by atoms with Gasteiger partial charge in [0, 0.05) is 24.2 Å². The molecule has 0 bridgehead atoms. The first-order valence-corrected chi connectivity index (χ1v) is 7.09. The standard InChI is InChI=1S/C12H23N3S/c1-4-11(13-5-2)7-6-8-16-12-9-14-15(3)10-12/h9-11,13H,4-8H2,1-3H3. The second-order valence-electron chi connectivity index (χ2n) is 4.00. The minimum atomic E-state index is 0.694. The zero-order valence-corrected chi connectivity index (χ0v) is 11.4. The fourth-order valence-corrected chi connectivity index (χ4v) is 2.63. The van der Waals surface area contributed by atoms with Crippen molar-refractivity contribution in [2.45, 2.75) is 44.0 Å². The molecule has 0 fully saturated rings. The topological polar surface area (TPSA) is 29.9 Å². The van der Waals surface area contributed by atoms with Crippen molar-refractivity contribution in [3.05, 3.63) is 12.4 Å². The van der Waals surface area contributed by atoms with Gasteiger partial charge in [0.25, 0.3) is 0 Å². The summed E-state index contributed by atoms with van der Waals surface area (Å²) in [6.07, 6.45) is 7.78. The zero-order valence-electron chi connectivity index (χ0n) is 10.6. The summed E-state index contributed by atoms with van der Waals surface area (Å²) in [4.78, 5) is 1.28. The second kappa shape index (κ2) is 7.74. The van der Waals surface area contributed by atoms with Gasteiger partial charge >= 0.3 is 0 Å². The Bertz CT molecular complexity index is 286. The van der Waals surface area contributed by atoms with Crippen molar-refractivity contribution < 1.29 is 0 Å². The Labute approximate surface area is 103 Å². The average Bonchev–Trinajstić information content (AvgIpc) is 2.69. The summed E-state index contributed by atoms with van der Waals surface area (Å²) in [6.45, 7) is 5.50. The van der Waals surface area contributed by atoms with Crippen molar-refractivity contribution in [3.8, 4) is 0 Å². The maximum atomic E-state index is 4.16. The number of aromatic nitrogens is 2. The second-order valence-corrected chi connectivity index (χ2v) is 5.17. The van der Waals surface area contributed by atoms with Crippen molar-refractivity contribution in [1.29, 1.82) is 0 Å². The minimum absolute atomic E-state index is 0.694. The number of hydrogen-bond donors (Lipinski definition) is 1. The number of nitrogens with zero attached hydrogens (tertiary/aromatic N) is 2. The van der Waals surface area contributed by atoms with Crippen LogP contribution in [0.2, 0.25) is 0 Å². The van der Waals surface area contributed by atoms with E-state index in [4.69, 9.17) is 0 Å². The number of aryl methyl sites for hydroxylation is 1. The first kappa shape index (κ1) is 13.6. The largest absolute Gasteiger partial charge is 0.314 e. The highest BCUT2D eigenvalue weighted by molar-refractivity contribution is 7.99. The van der Waals surface area contributed by atoms with Gasteiger partial charge in [-0.3, -0.25) is 4.68 Å². The van der Waals surface area contributed by atoms with Crippen LogP contribution in [0.4, 0.5) is 0 Å². The Morgan fingerprint density at radius 2 is 2.31 bits per heavy atom. The smallest absolute Gasteiger partial charge is 0.0625 e. The molecule has 0 spiro atoms. The van der Waals surface area contributed by atoms with Gasteiger partial charge in [0.15, 0.2) is 0 Å². The molecule has 1 heterocycles. The lowest BCUT2D eigenvalue weighted by molar-refractivity contribution is 0.477. The van der Waals surface area contributed by atoms with Crippen LogP contribution in [-0.4, -0.2) is 28.1 Å². The molecule has 1 atom stereocenters. The molecular formula is C12H23N3S. The third-order valence-electron chi connectivity index (χ3n) is 2.63. The van der Waals surface area contributed by atoms with Crippen molar-refractivity contribution in [2.24, 2.45) is 7.05 Å². The van der Waals surface area contributed by atoms with E-state index in [2.05, 4.69) is 30.5 Å². The van der Waals surface area contributed by atoms with Crippen LogP contribution >= 0.6 is 11.8 Å². The van der Waals surface area contributed by atoms with Crippen molar-refractivity contribution in [2.75, 3.05) is 12.3 Å². The fourth-order valence-electron chi connectivity index (χ4n) is 1.73. The highest BCUT2D eigenvalue weighted by Gasteiger charge is 2.04. The van der Waals surface area contributed by atoms with E-state index in [1.807, 2.05) is 29.7 Å². The van der Waals surface area contributed by atoms with Gasteiger partial charge in [0.1, 0.15) is 0 Å². The summed E-state index contributed by atoms with van der Waals surface area (Å²) in [5.41, 5.74) is 0. The molecule has 1 rings (SSSR count). The molecule has 0 radical (unpaired) electrons. The van der Waals surface area contributed by atoms with Crippen LogP contribution in [0.25, 0.3) is 0 Å². The lowest BCUT2D eigenvalue weighted by Crippen LogP contribution is -2.27. The maximum absolute atomic E-state index is 4.16. The summed E-state index contributed by atoms with van der Waals surface area (Å²) >= 11 is 1.90. The Morgan fingerprint density at radius 1 is 1.50 bits per heavy atom. The predicted octanol–water partition coefficient (Wildman–Crippen LogP) is 2.68. The molecule has 3 nitrogen and oxygen atoms in total. The van der Waals surface area contributed by atoms with Gasteiger partial charge in [-0.1, -0.05) is 13.8 Å². The van der Waals surface area contributed by atoms with E-state index in [0.717, 1.165) is 6.54 Å². The van der Waals surface area contributed by atoms with Crippen LogP contribution in [0.3, 0.4) is 0 Å². The van der Waals surface area contributed by atoms with E-state index in [1.54, 1.807) is 0 Å². The number of nitrogens with one attached hydrogen (secondary N) is 1. The molecule has 0 aliphatic rings. The first-order chi connectivity index (χ1) is 7.76. The van der Waals surface area contributed by atoms with Crippen LogP contribution < -0.4 is 5.32 Å². The molecule has 1 aromatic rings. The normalized spacial score (nSPS) is 12.9. The van der Waals surface area contributed by atoms with E-state index >= 15 is 0 Å². The molecule has 92 valence electrons. The SMILES string of the molecule is CCNC(CC)CCCSc1cnn(C)c1. The highest BCUT2D eigenvalue weighted by Crippen LogP contribution is 2.18. The Morgan fingerprint density at radius 3 is 2.88 bits per heavy atom. The molecular weight excluding hydrogens is 218 g/mol. The molecule has 0 aliphatic heterocycles. The van der Waals surface area contributed by atoms with Gasteiger partial charge in [-0.15, -0.1) is 11.8 Å². The van der Waals surface area contributed by atoms with Gasteiger partial charge in [0.05, 0.1) is 6.20 Å². The Hall–Kier alpha value is -0.480. The molecule has 16 heavy (non-hydrogen) atoms.